The molecule has 6 atom stereocenters. The summed E-state index contributed by atoms with van der Waals surface area (Å²) in [6.45, 7) is 6.78. The van der Waals surface area contributed by atoms with Crippen LogP contribution in [0.15, 0.2) is 23.3 Å². The topological polar surface area (TPSA) is 34.1 Å². The number of carbonyl (C=O) groups is 2. The van der Waals surface area contributed by atoms with Gasteiger partial charge in [-0.1, -0.05) is 25.0 Å². The van der Waals surface area contributed by atoms with Gasteiger partial charge in [-0.05, 0) is 68.4 Å². The Balaban J connectivity index is 1.74. The third-order valence-corrected chi connectivity index (χ3v) is 7.51. The second-order valence-electron chi connectivity index (χ2n) is 8.32. The minimum absolute atomic E-state index is 0.0627. The number of hydrogen-bond acceptors (Lipinski definition) is 2. The van der Waals surface area contributed by atoms with Gasteiger partial charge in [0, 0.05) is 17.8 Å². The van der Waals surface area contributed by atoms with Gasteiger partial charge in [0.1, 0.15) is 5.78 Å². The molecule has 0 aromatic rings. The average molecular weight is 298 g/mol. The Bertz CT molecular complexity index is 611. The van der Waals surface area contributed by atoms with E-state index in [0.717, 1.165) is 25.7 Å². The van der Waals surface area contributed by atoms with Gasteiger partial charge in [-0.25, -0.2) is 0 Å². The number of allylic oxidation sites excluding steroid dienone is 4. The van der Waals surface area contributed by atoms with E-state index in [0.29, 0.717) is 35.4 Å². The standard InChI is InChI=1S/C20H26O2/c1-11-8-18(22)16-6-7-17-15(19(11)16)5-4-13-10-14(21)9-12(2)20(13,17)3/h9-11,15-17,19H,4-8H2,1-3H3/t11-,15?,16?,17?,19?,20?/m0/s1. The van der Waals surface area contributed by atoms with Gasteiger partial charge in [-0.2, -0.15) is 0 Å². The van der Waals surface area contributed by atoms with E-state index in [1.807, 2.05) is 12.2 Å². The van der Waals surface area contributed by atoms with Gasteiger partial charge in [-0.3, -0.25) is 9.59 Å². The van der Waals surface area contributed by atoms with Gasteiger partial charge in [0.15, 0.2) is 5.78 Å². The zero-order valence-corrected chi connectivity index (χ0v) is 13.9. The number of rotatable bonds is 0. The molecule has 22 heavy (non-hydrogen) atoms. The van der Waals surface area contributed by atoms with Crippen LogP contribution in [0.3, 0.4) is 0 Å². The summed E-state index contributed by atoms with van der Waals surface area (Å²) in [6.07, 6.45) is 8.98. The third-order valence-electron chi connectivity index (χ3n) is 7.51. The summed E-state index contributed by atoms with van der Waals surface area (Å²) in [5, 5.41) is 0. The average Bonchev–Trinajstić information content (AvgIpc) is 2.76. The molecule has 4 rings (SSSR count). The molecule has 0 N–H and O–H groups in total. The van der Waals surface area contributed by atoms with Crippen molar-refractivity contribution in [2.24, 2.45) is 35.0 Å². The lowest BCUT2D eigenvalue weighted by molar-refractivity contribution is -0.123. The molecule has 118 valence electrons. The van der Waals surface area contributed by atoms with Crippen molar-refractivity contribution in [3.63, 3.8) is 0 Å². The largest absolute Gasteiger partial charge is 0.299 e. The minimum atomic E-state index is 0.0627. The molecule has 0 bridgehead atoms. The van der Waals surface area contributed by atoms with Crippen LogP contribution < -0.4 is 0 Å². The Hall–Kier alpha value is -1.18. The summed E-state index contributed by atoms with van der Waals surface area (Å²) in [7, 11) is 0. The normalized spacial score (nSPS) is 47.3. The Morgan fingerprint density at radius 3 is 2.68 bits per heavy atom. The molecule has 0 radical (unpaired) electrons. The molecular formula is C20H26O2. The number of hydrogen-bond donors (Lipinski definition) is 0. The SMILES string of the molecule is CC1=CC(=O)C=C2CCC3C4C(CCC3C12C)C(=O)C[C@@H]4C. The molecular weight excluding hydrogens is 272 g/mol. The number of fused-ring (bicyclic) bond motifs is 5. The molecule has 0 saturated heterocycles. The number of Topliss-reactive ketones (excluding diaryl/α,β-unsaturated/α-hetero) is 1. The molecule has 0 spiro atoms. The maximum atomic E-state index is 12.3. The fourth-order valence-electron chi connectivity index (χ4n) is 6.41. The summed E-state index contributed by atoms with van der Waals surface area (Å²) in [4.78, 5) is 24.2. The van der Waals surface area contributed by atoms with E-state index in [-0.39, 0.29) is 11.2 Å². The maximum absolute atomic E-state index is 12.3. The van der Waals surface area contributed by atoms with Crippen LogP contribution in [-0.2, 0) is 9.59 Å². The van der Waals surface area contributed by atoms with Gasteiger partial charge in [0.25, 0.3) is 0 Å². The monoisotopic (exact) mass is 298 g/mol. The molecule has 3 fully saturated rings. The predicted molar refractivity (Wildman–Crippen MR) is 86.2 cm³/mol. The van der Waals surface area contributed by atoms with E-state index in [2.05, 4.69) is 20.8 Å². The molecule has 0 amide bonds. The van der Waals surface area contributed by atoms with Gasteiger partial charge in [0.2, 0.25) is 0 Å². The second-order valence-corrected chi connectivity index (χ2v) is 8.32. The number of ketones is 2. The van der Waals surface area contributed by atoms with Crippen molar-refractivity contribution in [3.8, 4) is 0 Å². The molecule has 4 aliphatic rings. The quantitative estimate of drug-likeness (QED) is 0.674. The molecule has 0 heterocycles. The zero-order valence-electron chi connectivity index (χ0n) is 13.9. The highest BCUT2D eigenvalue weighted by Crippen LogP contribution is 2.62. The third kappa shape index (κ3) is 1.73. The van der Waals surface area contributed by atoms with E-state index >= 15 is 0 Å². The Morgan fingerprint density at radius 2 is 1.91 bits per heavy atom. The van der Waals surface area contributed by atoms with Gasteiger partial charge in [0.05, 0.1) is 0 Å². The van der Waals surface area contributed by atoms with Crippen LogP contribution in [0.25, 0.3) is 0 Å². The van der Waals surface area contributed by atoms with Crippen LogP contribution in [0.5, 0.6) is 0 Å². The summed E-state index contributed by atoms with van der Waals surface area (Å²) < 4.78 is 0. The molecule has 5 unspecified atom stereocenters. The fourth-order valence-corrected chi connectivity index (χ4v) is 6.41. The van der Waals surface area contributed by atoms with Crippen LogP contribution >= 0.6 is 0 Å². The molecule has 3 saturated carbocycles. The molecule has 2 heteroatoms. The van der Waals surface area contributed by atoms with Crippen molar-refractivity contribution >= 4 is 11.6 Å². The van der Waals surface area contributed by atoms with Crippen molar-refractivity contribution in [1.82, 2.24) is 0 Å². The van der Waals surface area contributed by atoms with Crippen LogP contribution in [0.4, 0.5) is 0 Å². The smallest absolute Gasteiger partial charge is 0.178 e. The zero-order chi connectivity index (χ0) is 15.6. The molecule has 0 aromatic heterocycles. The lowest BCUT2D eigenvalue weighted by Crippen LogP contribution is -2.48. The van der Waals surface area contributed by atoms with Crippen molar-refractivity contribution in [1.29, 1.82) is 0 Å². The fraction of sp³-hybridized carbons (Fsp3) is 0.700. The minimum Gasteiger partial charge on any atom is -0.299 e. The van der Waals surface area contributed by atoms with E-state index in [4.69, 9.17) is 0 Å². The first kappa shape index (κ1) is 14.4. The Morgan fingerprint density at radius 1 is 1.14 bits per heavy atom. The van der Waals surface area contributed by atoms with Crippen LogP contribution in [-0.4, -0.2) is 11.6 Å². The highest BCUT2D eigenvalue weighted by Gasteiger charge is 2.56. The first-order valence-electron chi connectivity index (χ1n) is 8.89. The summed E-state index contributed by atoms with van der Waals surface area (Å²) in [6, 6.07) is 0. The van der Waals surface area contributed by atoms with Crippen LogP contribution in [0, 0.1) is 35.0 Å². The van der Waals surface area contributed by atoms with E-state index in [1.54, 1.807) is 0 Å². The van der Waals surface area contributed by atoms with Crippen LogP contribution in [0.1, 0.15) is 52.9 Å². The van der Waals surface area contributed by atoms with Gasteiger partial charge in [-0.15, -0.1) is 0 Å². The Labute approximate surface area is 133 Å². The predicted octanol–water partition coefficient (Wildman–Crippen LogP) is 4.11. The number of carbonyl (C=O) groups excluding carboxylic acids is 2. The molecule has 0 aromatic carbocycles. The highest BCUT2D eigenvalue weighted by molar-refractivity contribution is 6.02. The Kier molecular flexibility index (Phi) is 3.05. The summed E-state index contributed by atoms with van der Waals surface area (Å²) in [5.74, 6) is 3.45. The molecule has 4 aliphatic carbocycles. The second kappa shape index (κ2) is 4.66. The van der Waals surface area contributed by atoms with Crippen molar-refractivity contribution < 1.29 is 9.59 Å². The van der Waals surface area contributed by atoms with E-state index < -0.39 is 0 Å². The first-order chi connectivity index (χ1) is 10.4. The van der Waals surface area contributed by atoms with Crippen LogP contribution in [0.2, 0.25) is 0 Å². The first-order valence-corrected chi connectivity index (χ1v) is 8.89. The van der Waals surface area contributed by atoms with Crippen molar-refractivity contribution in [2.75, 3.05) is 0 Å². The van der Waals surface area contributed by atoms with Crippen molar-refractivity contribution in [2.45, 2.75) is 52.9 Å². The lowest BCUT2D eigenvalue weighted by Gasteiger charge is -2.55. The maximum Gasteiger partial charge on any atom is 0.178 e. The summed E-state index contributed by atoms with van der Waals surface area (Å²) in [5.41, 5.74) is 2.67. The molecule has 0 aliphatic heterocycles. The molecule has 2 nitrogen and oxygen atoms in total. The highest BCUT2D eigenvalue weighted by atomic mass is 16.1. The summed E-state index contributed by atoms with van der Waals surface area (Å²) >= 11 is 0. The van der Waals surface area contributed by atoms with Gasteiger partial charge < -0.3 is 0 Å². The van der Waals surface area contributed by atoms with Crippen molar-refractivity contribution in [3.05, 3.63) is 23.3 Å². The van der Waals surface area contributed by atoms with E-state index in [9.17, 15) is 9.59 Å². The van der Waals surface area contributed by atoms with Gasteiger partial charge >= 0.3 is 0 Å². The lowest BCUT2D eigenvalue weighted by atomic mass is 9.49. The van der Waals surface area contributed by atoms with E-state index in [1.165, 1.54) is 17.6 Å².